The first-order chi connectivity index (χ1) is 19.3. The Kier molecular flexibility index (Phi) is 7.09. The Morgan fingerprint density at radius 1 is 1.10 bits per heavy atom. The summed E-state index contributed by atoms with van der Waals surface area (Å²) in [5.74, 6) is -1.79. The molecule has 1 unspecified atom stereocenters. The standard InChI is InChI=1S/C29H32F2N6O3/c1-29(19-7-10-37(28(19)39)12-11-36-13-15-40-16-14-36)8-5-18(6-9-29)33-26-24-22(17-32-27(24)38)34-25(35-26)23-20(30)3-2-4-21(23)31/h2-6,8,19H,7,9-17H2,1H3,(H,32,38)(H,33,34,35)/t19-,29?/m0/s1. The van der Waals surface area contributed by atoms with Gasteiger partial charge in [-0.25, -0.2) is 18.7 Å². The van der Waals surface area contributed by atoms with E-state index in [-0.39, 0.29) is 52.5 Å². The summed E-state index contributed by atoms with van der Waals surface area (Å²) in [5, 5.41) is 5.88. The van der Waals surface area contributed by atoms with Gasteiger partial charge in [-0.15, -0.1) is 0 Å². The van der Waals surface area contributed by atoms with Crippen LogP contribution in [0, 0.1) is 23.0 Å². The number of morpholine rings is 1. The lowest BCUT2D eigenvalue weighted by atomic mass is 9.71. The minimum Gasteiger partial charge on any atom is -0.379 e. The van der Waals surface area contributed by atoms with E-state index < -0.39 is 11.6 Å². The molecule has 6 rings (SSSR count). The van der Waals surface area contributed by atoms with Crippen LogP contribution in [-0.2, 0) is 16.1 Å². The average Bonchev–Trinajstić information content (AvgIpc) is 3.52. The zero-order chi connectivity index (χ0) is 27.9. The second kappa shape index (κ2) is 10.7. The molecule has 2 aromatic rings. The molecule has 2 saturated heterocycles. The number of allylic oxidation sites excluding steroid dienone is 3. The largest absolute Gasteiger partial charge is 0.379 e. The monoisotopic (exact) mass is 550 g/mol. The van der Waals surface area contributed by atoms with Crippen LogP contribution in [0.1, 0.15) is 35.8 Å². The Morgan fingerprint density at radius 3 is 2.60 bits per heavy atom. The Labute approximate surface area is 231 Å². The lowest BCUT2D eigenvalue weighted by Gasteiger charge is -2.34. The van der Waals surface area contributed by atoms with Gasteiger partial charge in [0.2, 0.25) is 5.91 Å². The lowest BCUT2D eigenvalue weighted by molar-refractivity contribution is -0.133. The molecule has 2 fully saturated rings. The third-order valence-electron chi connectivity index (χ3n) is 8.37. The van der Waals surface area contributed by atoms with Crippen LogP contribution < -0.4 is 10.6 Å². The molecule has 3 aliphatic heterocycles. The topological polar surface area (TPSA) is 99.7 Å². The average molecular weight is 551 g/mol. The number of benzene rings is 1. The van der Waals surface area contributed by atoms with Crippen LogP contribution in [0.4, 0.5) is 14.6 Å². The Hall–Kier alpha value is -3.70. The van der Waals surface area contributed by atoms with E-state index in [9.17, 15) is 18.4 Å². The van der Waals surface area contributed by atoms with Gasteiger partial charge in [-0.2, -0.15) is 0 Å². The molecule has 4 heterocycles. The predicted octanol–water partition coefficient (Wildman–Crippen LogP) is 3.11. The molecule has 4 aliphatic rings. The summed E-state index contributed by atoms with van der Waals surface area (Å²) in [6.07, 6.45) is 7.33. The van der Waals surface area contributed by atoms with Crippen molar-refractivity contribution in [2.24, 2.45) is 11.3 Å². The summed E-state index contributed by atoms with van der Waals surface area (Å²) in [7, 11) is 0. The number of aromatic nitrogens is 2. The number of nitrogens with zero attached hydrogens (tertiary/aromatic N) is 4. The zero-order valence-corrected chi connectivity index (χ0v) is 22.4. The summed E-state index contributed by atoms with van der Waals surface area (Å²) in [5.41, 5.74) is 0.630. The molecule has 0 saturated carbocycles. The third-order valence-corrected chi connectivity index (χ3v) is 8.37. The second-order valence-corrected chi connectivity index (χ2v) is 10.9. The highest BCUT2D eigenvalue weighted by molar-refractivity contribution is 6.02. The van der Waals surface area contributed by atoms with Crippen molar-refractivity contribution >= 4 is 17.6 Å². The molecule has 0 radical (unpaired) electrons. The van der Waals surface area contributed by atoms with Crippen LogP contribution >= 0.6 is 0 Å². The number of amides is 2. The molecular formula is C29H32F2N6O3. The van der Waals surface area contributed by atoms with Crippen molar-refractivity contribution in [3.8, 4) is 11.4 Å². The van der Waals surface area contributed by atoms with E-state index in [0.29, 0.717) is 17.8 Å². The second-order valence-electron chi connectivity index (χ2n) is 10.9. The molecule has 11 heteroatoms. The number of ether oxygens (including phenoxy) is 1. The molecule has 2 N–H and O–H groups in total. The minimum atomic E-state index is -0.782. The van der Waals surface area contributed by atoms with Crippen molar-refractivity contribution in [3.05, 3.63) is 65.0 Å². The third kappa shape index (κ3) is 4.99. The molecule has 40 heavy (non-hydrogen) atoms. The lowest BCUT2D eigenvalue weighted by Crippen LogP contribution is -2.43. The van der Waals surface area contributed by atoms with Crippen LogP contribution in [0.5, 0.6) is 0 Å². The van der Waals surface area contributed by atoms with Crippen LogP contribution in [0.2, 0.25) is 0 Å². The number of carbonyl (C=O) groups excluding carboxylic acids is 2. The smallest absolute Gasteiger partial charge is 0.257 e. The quantitative estimate of drug-likeness (QED) is 0.547. The van der Waals surface area contributed by atoms with Crippen molar-refractivity contribution in [1.29, 1.82) is 0 Å². The SMILES string of the molecule is CC1([C@H]2CCN(CCN3CCOCC3)C2=O)C=CC(Nc2nc(-c3c(F)cccc3F)nc3c2C(=O)NC3)=CC1. The van der Waals surface area contributed by atoms with Crippen molar-refractivity contribution in [3.63, 3.8) is 0 Å². The van der Waals surface area contributed by atoms with Crippen LogP contribution in [0.3, 0.4) is 0 Å². The maximum Gasteiger partial charge on any atom is 0.257 e. The molecule has 210 valence electrons. The summed E-state index contributed by atoms with van der Waals surface area (Å²) in [6, 6.07) is 3.57. The van der Waals surface area contributed by atoms with E-state index in [0.717, 1.165) is 64.5 Å². The fourth-order valence-corrected chi connectivity index (χ4v) is 5.93. The summed E-state index contributed by atoms with van der Waals surface area (Å²) in [4.78, 5) is 38.8. The number of halogens is 2. The molecular weight excluding hydrogens is 518 g/mol. The van der Waals surface area contributed by atoms with Crippen LogP contribution in [-0.4, -0.2) is 77.5 Å². The van der Waals surface area contributed by atoms with Gasteiger partial charge in [-0.3, -0.25) is 14.5 Å². The van der Waals surface area contributed by atoms with E-state index >= 15 is 0 Å². The van der Waals surface area contributed by atoms with Crippen molar-refractivity contribution < 1.29 is 23.1 Å². The molecule has 1 aromatic carbocycles. The number of hydrogen-bond acceptors (Lipinski definition) is 7. The molecule has 2 amide bonds. The molecule has 1 aliphatic carbocycles. The normalized spacial score (nSPS) is 24.7. The Bertz CT molecular complexity index is 1390. The van der Waals surface area contributed by atoms with Gasteiger partial charge in [0.25, 0.3) is 5.91 Å². The zero-order valence-electron chi connectivity index (χ0n) is 22.4. The molecule has 9 nitrogen and oxygen atoms in total. The fraction of sp³-hybridized carbons (Fsp3) is 0.448. The van der Waals surface area contributed by atoms with Gasteiger partial charge in [0.05, 0.1) is 31.0 Å². The van der Waals surface area contributed by atoms with Crippen molar-refractivity contribution in [2.75, 3.05) is 51.3 Å². The van der Waals surface area contributed by atoms with Gasteiger partial charge in [-0.05, 0) is 31.1 Å². The number of hydrogen-bond donors (Lipinski definition) is 2. The first-order valence-electron chi connectivity index (χ1n) is 13.7. The summed E-state index contributed by atoms with van der Waals surface area (Å²) in [6.45, 7) is 7.87. The minimum absolute atomic E-state index is 0.115. The van der Waals surface area contributed by atoms with E-state index in [4.69, 9.17) is 4.74 Å². The first-order valence-corrected chi connectivity index (χ1v) is 13.7. The Balaban J connectivity index is 1.17. The number of rotatable bonds is 7. The van der Waals surface area contributed by atoms with E-state index in [2.05, 4.69) is 32.4 Å². The van der Waals surface area contributed by atoms with Gasteiger partial charge in [0.15, 0.2) is 5.82 Å². The maximum absolute atomic E-state index is 14.5. The predicted molar refractivity (Wildman–Crippen MR) is 144 cm³/mol. The first kappa shape index (κ1) is 26.5. The van der Waals surface area contributed by atoms with Crippen LogP contribution in [0.15, 0.2) is 42.1 Å². The molecule has 1 aromatic heterocycles. The number of carbonyl (C=O) groups is 2. The van der Waals surface area contributed by atoms with Gasteiger partial charge >= 0.3 is 0 Å². The summed E-state index contributed by atoms with van der Waals surface area (Å²) >= 11 is 0. The number of likely N-dealkylation sites (tertiary alicyclic amines) is 1. The van der Waals surface area contributed by atoms with Gasteiger partial charge in [-0.1, -0.05) is 25.1 Å². The van der Waals surface area contributed by atoms with E-state index in [1.165, 1.54) is 6.07 Å². The molecule has 0 spiro atoms. The van der Waals surface area contributed by atoms with Gasteiger partial charge < -0.3 is 20.3 Å². The van der Waals surface area contributed by atoms with Gasteiger partial charge in [0, 0.05) is 49.8 Å². The molecule has 0 bridgehead atoms. The molecule has 2 atom stereocenters. The number of fused-ring (bicyclic) bond motifs is 1. The highest BCUT2D eigenvalue weighted by Gasteiger charge is 2.43. The van der Waals surface area contributed by atoms with Crippen molar-refractivity contribution in [2.45, 2.75) is 26.3 Å². The maximum atomic E-state index is 14.5. The van der Waals surface area contributed by atoms with Gasteiger partial charge in [0.1, 0.15) is 23.0 Å². The highest BCUT2D eigenvalue weighted by atomic mass is 19.1. The highest BCUT2D eigenvalue weighted by Crippen LogP contribution is 2.42. The summed E-state index contributed by atoms with van der Waals surface area (Å²) < 4.78 is 34.4. The number of nitrogens with one attached hydrogen (secondary N) is 2. The van der Waals surface area contributed by atoms with E-state index in [1.807, 2.05) is 23.1 Å². The fourth-order valence-electron chi connectivity index (χ4n) is 5.93. The van der Waals surface area contributed by atoms with Crippen LogP contribution in [0.25, 0.3) is 11.4 Å². The Morgan fingerprint density at radius 2 is 1.88 bits per heavy atom. The number of anilines is 1. The van der Waals surface area contributed by atoms with Crippen molar-refractivity contribution in [1.82, 2.24) is 25.1 Å². The van der Waals surface area contributed by atoms with E-state index in [1.54, 1.807) is 0 Å².